The zero-order valence-corrected chi connectivity index (χ0v) is 24.2. The lowest BCUT2D eigenvalue weighted by molar-refractivity contribution is -0.121. The van der Waals surface area contributed by atoms with Crippen LogP contribution in [0.25, 0.3) is 11.8 Å². The van der Waals surface area contributed by atoms with Crippen LogP contribution in [-0.2, 0) is 16.1 Å². The Kier molecular flexibility index (Phi) is 11.1. The minimum absolute atomic E-state index is 0.0448. The fourth-order valence-electron chi connectivity index (χ4n) is 4.94. The molecule has 1 aromatic heterocycles. The lowest BCUT2D eigenvalue weighted by Gasteiger charge is -2.34. The summed E-state index contributed by atoms with van der Waals surface area (Å²) in [7, 11) is 0. The molecule has 0 aliphatic carbocycles. The molecule has 0 bridgehead atoms. The molecule has 220 valence electrons. The van der Waals surface area contributed by atoms with Gasteiger partial charge in [0, 0.05) is 69.8 Å². The van der Waals surface area contributed by atoms with Crippen molar-refractivity contribution in [1.82, 2.24) is 24.8 Å². The molecule has 2 aromatic rings. The van der Waals surface area contributed by atoms with Gasteiger partial charge in [0.15, 0.2) is 5.57 Å². The molecule has 2 fully saturated rings. The van der Waals surface area contributed by atoms with Crippen molar-refractivity contribution in [3.05, 3.63) is 43.8 Å². The van der Waals surface area contributed by atoms with Crippen LogP contribution in [0, 0.1) is 11.3 Å². The fraction of sp³-hybridized carbons (Fsp3) is 0.500. The molecule has 4 N–H and O–H groups in total. The van der Waals surface area contributed by atoms with Crippen LogP contribution < -0.4 is 30.8 Å². The van der Waals surface area contributed by atoms with E-state index in [1.165, 1.54) is 17.4 Å². The summed E-state index contributed by atoms with van der Waals surface area (Å²) in [5, 5.41) is 26.8. The highest BCUT2D eigenvalue weighted by Crippen LogP contribution is 2.16. The maximum Gasteiger partial charge on any atom is 0.279 e. The number of hydrogen-bond donors (Lipinski definition) is 4. The summed E-state index contributed by atoms with van der Waals surface area (Å²) >= 11 is 1.08. The number of nitrogens with zero attached hydrogens (tertiary/aromatic N) is 5. The number of carbonyl (C=O) groups excluding carboxylic acids is 2. The molecule has 0 spiro atoms. The van der Waals surface area contributed by atoms with Gasteiger partial charge in [-0.1, -0.05) is 6.07 Å². The van der Waals surface area contributed by atoms with E-state index in [4.69, 9.17) is 5.11 Å². The fourth-order valence-corrected chi connectivity index (χ4v) is 6.02. The van der Waals surface area contributed by atoms with E-state index in [0.717, 1.165) is 31.0 Å². The Labute approximate surface area is 243 Å². The average molecular weight is 583 g/mol. The molecule has 2 aliphatic rings. The Bertz CT molecular complexity index is 1430. The number of hydrazine groups is 1. The normalized spacial score (nSPS) is 17.7. The van der Waals surface area contributed by atoms with E-state index in [1.807, 2.05) is 24.3 Å². The first-order chi connectivity index (χ1) is 19.9. The minimum atomic E-state index is -0.556. The van der Waals surface area contributed by atoms with E-state index >= 15 is 0 Å². The molecular weight excluding hydrogens is 544 g/mol. The first-order valence-electron chi connectivity index (χ1n) is 14.0. The molecule has 13 heteroatoms. The number of aliphatic hydroxyl groups excluding tert-OH is 1. The molecule has 0 radical (unpaired) electrons. The number of aromatic nitrogens is 1. The number of hydrogen-bond acceptors (Lipinski definition) is 10. The van der Waals surface area contributed by atoms with Crippen molar-refractivity contribution in [1.29, 1.82) is 5.26 Å². The molecule has 41 heavy (non-hydrogen) atoms. The van der Waals surface area contributed by atoms with E-state index in [-0.39, 0.29) is 23.6 Å². The third kappa shape index (κ3) is 8.25. The second-order valence-corrected chi connectivity index (χ2v) is 11.0. The van der Waals surface area contributed by atoms with Gasteiger partial charge in [-0.25, -0.2) is 5.01 Å². The van der Waals surface area contributed by atoms with Gasteiger partial charge in [0.05, 0.1) is 6.61 Å². The van der Waals surface area contributed by atoms with Crippen LogP contribution in [0.1, 0.15) is 26.2 Å². The summed E-state index contributed by atoms with van der Waals surface area (Å²) in [6.07, 6.45) is 4.37. The largest absolute Gasteiger partial charge is 0.395 e. The maximum atomic E-state index is 13.1. The Morgan fingerprint density at radius 2 is 1.78 bits per heavy atom. The number of piperazine rings is 1. The summed E-state index contributed by atoms with van der Waals surface area (Å²) in [5.74, 6) is -0.601. The van der Waals surface area contributed by atoms with Crippen molar-refractivity contribution in [2.24, 2.45) is 0 Å². The molecule has 2 saturated heterocycles. The van der Waals surface area contributed by atoms with Gasteiger partial charge in [-0.3, -0.25) is 29.3 Å². The van der Waals surface area contributed by atoms with E-state index in [1.54, 1.807) is 24.2 Å². The number of nitrogens with one attached hydrogen (secondary N) is 3. The molecule has 2 aliphatic heterocycles. The molecule has 12 nitrogen and oxygen atoms in total. The van der Waals surface area contributed by atoms with Crippen molar-refractivity contribution in [2.45, 2.75) is 32.7 Å². The van der Waals surface area contributed by atoms with Crippen molar-refractivity contribution < 1.29 is 14.7 Å². The monoisotopic (exact) mass is 582 g/mol. The van der Waals surface area contributed by atoms with E-state index < -0.39 is 5.91 Å². The summed E-state index contributed by atoms with van der Waals surface area (Å²) in [6.45, 7) is 8.12. The van der Waals surface area contributed by atoms with Crippen molar-refractivity contribution in [3.8, 4) is 6.07 Å². The molecular formula is C28H38N8O4S. The SMILES string of the molecule is CCn1c(=O)/c(=C\Nc2cccc(NC(=O)CCN3CCCC3)c2)s/c1=C(/C#N)C(=O)NN1CCN(CCO)CC1. The zero-order chi connectivity index (χ0) is 29.2. The Hall–Kier alpha value is -3.54. The number of carbonyl (C=O) groups is 2. The first-order valence-corrected chi connectivity index (χ1v) is 14.9. The summed E-state index contributed by atoms with van der Waals surface area (Å²) in [5.41, 5.74) is 3.70. The van der Waals surface area contributed by atoms with Crippen LogP contribution >= 0.6 is 11.3 Å². The summed E-state index contributed by atoms with van der Waals surface area (Å²) in [4.78, 5) is 42.9. The number of anilines is 2. The van der Waals surface area contributed by atoms with Gasteiger partial charge in [-0.05, 0) is 51.1 Å². The molecule has 0 atom stereocenters. The van der Waals surface area contributed by atoms with Gasteiger partial charge in [0.1, 0.15) is 15.3 Å². The lowest BCUT2D eigenvalue weighted by atomic mass is 10.2. The quantitative estimate of drug-likeness (QED) is 0.276. The van der Waals surface area contributed by atoms with Crippen LogP contribution in [0.4, 0.5) is 11.4 Å². The third-order valence-corrected chi connectivity index (χ3v) is 8.33. The van der Waals surface area contributed by atoms with Crippen LogP contribution in [0.15, 0.2) is 29.1 Å². The van der Waals surface area contributed by atoms with Crippen LogP contribution in [0.5, 0.6) is 0 Å². The highest BCUT2D eigenvalue weighted by Gasteiger charge is 2.21. The number of likely N-dealkylation sites (tertiary alicyclic amines) is 1. The van der Waals surface area contributed by atoms with E-state index in [9.17, 15) is 19.6 Å². The Morgan fingerprint density at radius 1 is 1.07 bits per heavy atom. The molecule has 0 unspecified atom stereocenters. The molecule has 4 rings (SSSR count). The standard InChI is InChI=1S/C28H38N8O4S/c1-2-36-27(40)24(41-28(36)23(19-29)26(39)32-35-14-12-34(13-15-35)16-17-37)20-30-21-6-5-7-22(18-21)31-25(38)8-11-33-9-3-4-10-33/h5-7,18,20,30,37H,2-4,8-17H2,1H3,(H,31,38)(H,32,39)/b24-20+,28-23-. The predicted molar refractivity (Wildman–Crippen MR) is 159 cm³/mol. The number of nitriles is 1. The van der Waals surface area contributed by atoms with Crippen molar-refractivity contribution in [2.75, 3.05) is 69.6 Å². The number of rotatable bonds is 11. The van der Waals surface area contributed by atoms with Crippen molar-refractivity contribution >= 4 is 46.3 Å². The molecule has 1 aromatic carbocycles. The number of benzene rings is 1. The van der Waals surface area contributed by atoms with Crippen LogP contribution in [0.3, 0.4) is 0 Å². The molecule has 0 saturated carbocycles. The second kappa shape index (κ2) is 14.9. The number of aliphatic hydroxyl groups is 1. The van der Waals surface area contributed by atoms with Gasteiger partial charge in [0.2, 0.25) is 5.91 Å². The molecule has 2 amide bonds. The highest BCUT2D eigenvalue weighted by atomic mass is 32.1. The van der Waals surface area contributed by atoms with Crippen LogP contribution in [-0.4, -0.2) is 95.3 Å². The van der Waals surface area contributed by atoms with Crippen molar-refractivity contribution in [3.63, 3.8) is 0 Å². The smallest absolute Gasteiger partial charge is 0.279 e. The van der Waals surface area contributed by atoms with Crippen LogP contribution in [0.2, 0.25) is 0 Å². The van der Waals surface area contributed by atoms with E-state index in [0.29, 0.717) is 66.3 Å². The van der Waals surface area contributed by atoms with E-state index in [2.05, 4.69) is 25.9 Å². The summed E-state index contributed by atoms with van der Waals surface area (Å²) < 4.78 is 2.07. The Balaban J connectivity index is 1.45. The number of thiazole rings is 1. The predicted octanol–water partition coefficient (Wildman–Crippen LogP) is -0.480. The summed E-state index contributed by atoms with van der Waals surface area (Å²) in [6, 6.07) is 9.22. The van der Waals surface area contributed by atoms with Gasteiger partial charge in [0.25, 0.3) is 11.5 Å². The second-order valence-electron chi connectivity index (χ2n) is 10.0. The first kappa shape index (κ1) is 30.4. The maximum absolute atomic E-state index is 13.1. The number of amides is 2. The topological polar surface area (TPSA) is 146 Å². The van der Waals surface area contributed by atoms with Gasteiger partial charge < -0.3 is 20.6 Å². The average Bonchev–Trinajstić information content (AvgIpc) is 3.60. The van der Waals surface area contributed by atoms with Gasteiger partial charge in [-0.15, -0.1) is 11.3 Å². The lowest BCUT2D eigenvalue weighted by Crippen LogP contribution is -2.54. The Morgan fingerprint density at radius 3 is 2.46 bits per heavy atom. The van der Waals surface area contributed by atoms with Gasteiger partial charge >= 0.3 is 0 Å². The minimum Gasteiger partial charge on any atom is -0.395 e. The molecule has 3 heterocycles. The highest BCUT2D eigenvalue weighted by molar-refractivity contribution is 7.07. The zero-order valence-electron chi connectivity index (χ0n) is 23.4. The number of β-amino-alcohol motifs (C(OH)–C–C–N with tert-alkyl or cyclic N) is 1. The third-order valence-electron chi connectivity index (χ3n) is 7.19. The van der Waals surface area contributed by atoms with Gasteiger partial charge in [-0.2, -0.15) is 5.26 Å².